The van der Waals surface area contributed by atoms with Crippen molar-refractivity contribution >= 4 is 5.69 Å². The third-order valence-corrected chi connectivity index (χ3v) is 3.38. The van der Waals surface area contributed by atoms with E-state index in [2.05, 4.69) is 4.90 Å². The van der Waals surface area contributed by atoms with Gasteiger partial charge in [-0.25, -0.2) is 0 Å². The van der Waals surface area contributed by atoms with Crippen LogP contribution in [-0.2, 0) is 6.54 Å². The summed E-state index contributed by atoms with van der Waals surface area (Å²) in [6.45, 7) is 1.87. The maximum atomic E-state index is 11.0. The van der Waals surface area contributed by atoms with Crippen molar-refractivity contribution in [3.63, 3.8) is 0 Å². The molecule has 0 unspecified atom stereocenters. The highest BCUT2D eigenvalue weighted by Crippen LogP contribution is 2.27. The highest BCUT2D eigenvalue weighted by atomic mass is 16.6. The predicted octanol–water partition coefficient (Wildman–Crippen LogP) is 3.11. The molecule has 2 rings (SSSR count). The summed E-state index contributed by atoms with van der Waals surface area (Å²) in [6, 6.07) is 14.6. The van der Waals surface area contributed by atoms with Crippen LogP contribution in [0, 0.1) is 10.1 Å². The Morgan fingerprint density at radius 2 is 1.91 bits per heavy atom. The van der Waals surface area contributed by atoms with Crippen LogP contribution in [-0.4, -0.2) is 37.1 Å². The molecule has 23 heavy (non-hydrogen) atoms. The number of nitro groups is 1. The Bertz CT molecular complexity index is 646. The van der Waals surface area contributed by atoms with E-state index in [4.69, 9.17) is 9.47 Å². The quantitative estimate of drug-likeness (QED) is 0.553. The first kappa shape index (κ1) is 16.8. The number of methoxy groups -OCH3 is 1. The van der Waals surface area contributed by atoms with Crippen LogP contribution in [0.4, 0.5) is 5.69 Å². The van der Waals surface area contributed by atoms with Gasteiger partial charge >= 0.3 is 5.69 Å². The van der Waals surface area contributed by atoms with E-state index in [1.165, 1.54) is 7.11 Å². The molecular weight excluding hydrogens is 296 g/mol. The maximum absolute atomic E-state index is 11.0. The van der Waals surface area contributed by atoms with Crippen LogP contribution < -0.4 is 9.47 Å². The largest absolute Gasteiger partial charge is 0.492 e. The fourth-order valence-electron chi connectivity index (χ4n) is 2.20. The molecule has 0 N–H and O–H groups in total. The molecule has 2 aromatic carbocycles. The minimum absolute atomic E-state index is 0.0149. The van der Waals surface area contributed by atoms with E-state index in [0.29, 0.717) is 19.7 Å². The van der Waals surface area contributed by atoms with Gasteiger partial charge in [-0.1, -0.05) is 24.3 Å². The van der Waals surface area contributed by atoms with E-state index in [1.54, 1.807) is 12.1 Å². The second-order valence-corrected chi connectivity index (χ2v) is 5.16. The van der Waals surface area contributed by atoms with Crippen molar-refractivity contribution in [2.24, 2.45) is 0 Å². The molecule has 0 radical (unpaired) electrons. The van der Waals surface area contributed by atoms with Gasteiger partial charge in [0.1, 0.15) is 12.4 Å². The SMILES string of the molecule is COc1ccc(CN(C)CCOc2ccccc2)cc1[N+](=O)[O-]. The molecule has 0 bridgehead atoms. The lowest BCUT2D eigenvalue weighted by atomic mass is 10.2. The summed E-state index contributed by atoms with van der Waals surface area (Å²) in [5.74, 6) is 1.11. The third-order valence-electron chi connectivity index (χ3n) is 3.38. The fraction of sp³-hybridized carbons (Fsp3) is 0.294. The lowest BCUT2D eigenvalue weighted by Gasteiger charge is -2.17. The summed E-state index contributed by atoms with van der Waals surface area (Å²) in [4.78, 5) is 12.7. The predicted molar refractivity (Wildman–Crippen MR) is 87.9 cm³/mol. The van der Waals surface area contributed by atoms with Gasteiger partial charge in [0.2, 0.25) is 0 Å². The molecule has 0 amide bonds. The third kappa shape index (κ3) is 4.96. The number of hydrogen-bond donors (Lipinski definition) is 0. The lowest BCUT2D eigenvalue weighted by molar-refractivity contribution is -0.385. The topological polar surface area (TPSA) is 64.8 Å². The Morgan fingerprint density at radius 1 is 1.17 bits per heavy atom. The highest BCUT2D eigenvalue weighted by Gasteiger charge is 2.15. The van der Waals surface area contributed by atoms with Crippen LogP contribution in [0.25, 0.3) is 0 Å². The molecule has 6 heteroatoms. The van der Waals surface area contributed by atoms with E-state index in [9.17, 15) is 10.1 Å². The van der Waals surface area contributed by atoms with Gasteiger partial charge in [0.15, 0.2) is 5.75 Å². The monoisotopic (exact) mass is 316 g/mol. The van der Waals surface area contributed by atoms with Gasteiger partial charge < -0.3 is 9.47 Å². The number of para-hydroxylation sites is 1. The first-order chi connectivity index (χ1) is 11.1. The fourth-order valence-corrected chi connectivity index (χ4v) is 2.20. The standard InChI is InChI=1S/C17H20N2O4/c1-18(10-11-23-15-6-4-3-5-7-15)13-14-8-9-17(22-2)16(12-14)19(20)21/h3-9,12H,10-11,13H2,1-2H3. The molecule has 6 nitrogen and oxygen atoms in total. The van der Waals surface area contributed by atoms with E-state index in [-0.39, 0.29) is 11.4 Å². The second kappa shape index (κ2) is 8.14. The van der Waals surface area contributed by atoms with Crippen LogP contribution in [0.15, 0.2) is 48.5 Å². The number of nitrogens with zero attached hydrogens (tertiary/aromatic N) is 2. The Hall–Kier alpha value is -2.60. The molecule has 0 fully saturated rings. The minimum atomic E-state index is -0.430. The molecule has 122 valence electrons. The Balaban J connectivity index is 1.88. The first-order valence-corrected chi connectivity index (χ1v) is 7.28. The molecule has 0 aromatic heterocycles. The van der Waals surface area contributed by atoms with Gasteiger partial charge in [0.25, 0.3) is 0 Å². The number of rotatable bonds is 8. The average Bonchev–Trinajstić information content (AvgIpc) is 2.55. The summed E-state index contributed by atoms with van der Waals surface area (Å²) in [7, 11) is 3.37. The van der Waals surface area contributed by atoms with Gasteiger partial charge in [0.05, 0.1) is 12.0 Å². The van der Waals surface area contributed by atoms with Crippen molar-refractivity contribution in [1.29, 1.82) is 0 Å². The highest BCUT2D eigenvalue weighted by molar-refractivity contribution is 5.48. The van der Waals surface area contributed by atoms with E-state index in [0.717, 1.165) is 11.3 Å². The number of likely N-dealkylation sites (N-methyl/N-ethyl adjacent to an activating group) is 1. The molecule has 0 atom stereocenters. The van der Waals surface area contributed by atoms with Gasteiger partial charge in [0, 0.05) is 19.2 Å². The van der Waals surface area contributed by atoms with E-state index >= 15 is 0 Å². The zero-order chi connectivity index (χ0) is 16.7. The summed E-state index contributed by atoms with van der Waals surface area (Å²) >= 11 is 0. The summed E-state index contributed by atoms with van der Waals surface area (Å²) in [6.07, 6.45) is 0. The molecule has 0 heterocycles. The zero-order valence-electron chi connectivity index (χ0n) is 13.3. The molecule has 0 aliphatic carbocycles. The van der Waals surface area contributed by atoms with Crippen LogP contribution >= 0.6 is 0 Å². The molecule has 0 aliphatic heterocycles. The van der Waals surface area contributed by atoms with Crippen LogP contribution in [0.5, 0.6) is 11.5 Å². The summed E-state index contributed by atoms with van der Waals surface area (Å²) in [5, 5.41) is 11.0. The molecule has 0 saturated heterocycles. The van der Waals surface area contributed by atoms with Gasteiger partial charge in [-0.2, -0.15) is 0 Å². The Morgan fingerprint density at radius 3 is 2.57 bits per heavy atom. The Kier molecular flexibility index (Phi) is 5.94. The summed E-state index contributed by atoms with van der Waals surface area (Å²) in [5.41, 5.74) is 0.846. The van der Waals surface area contributed by atoms with Crippen molar-refractivity contribution in [2.75, 3.05) is 27.3 Å². The first-order valence-electron chi connectivity index (χ1n) is 7.28. The van der Waals surface area contributed by atoms with Crippen molar-refractivity contribution in [1.82, 2.24) is 4.90 Å². The van der Waals surface area contributed by atoms with Crippen LogP contribution in [0.1, 0.15) is 5.56 Å². The van der Waals surface area contributed by atoms with Crippen molar-refractivity contribution < 1.29 is 14.4 Å². The maximum Gasteiger partial charge on any atom is 0.311 e. The smallest absolute Gasteiger partial charge is 0.311 e. The van der Waals surface area contributed by atoms with E-state index < -0.39 is 4.92 Å². The van der Waals surface area contributed by atoms with E-state index in [1.807, 2.05) is 43.4 Å². The van der Waals surface area contributed by atoms with Gasteiger partial charge in [-0.3, -0.25) is 15.0 Å². The van der Waals surface area contributed by atoms with Crippen molar-refractivity contribution in [3.8, 4) is 11.5 Å². The molecule has 0 saturated carbocycles. The van der Waals surface area contributed by atoms with Gasteiger partial charge in [-0.05, 0) is 30.8 Å². The average molecular weight is 316 g/mol. The second-order valence-electron chi connectivity index (χ2n) is 5.16. The molecule has 0 aliphatic rings. The molecular formula is C17H20N2O4. The molecule has 0 spiro atoms. The van der Waals surface area contributed by atoms with Gasteiger partial charge in [-0.15, -0.1) is 0 Å². The number of benzene rings is 2. The zero-order valence-corrected chi connectivity index (χ0v) is 13.3. The normalized spacial score (nSPS) is 10.6. The Labute approximate surface area is 135 Å². The van der Waals surface area contributed by atoms with Crippen LogP contribution in [0.3, 0.4) is 0 Å². The number of hydrogen-bond acceptors (Lipinski definition) is 5. The van der Waals surface area contributed by atoms with Crippen molar-refractivity contribution in [2.45, 2.75) is 6.54 Å². The van der Waals surface area contributed by atoms with Crippen molar-refractivity contribution in [3.05, 3.63) is 64.2 Å². The lowest BCUT2D eigenvalue weighted by Crippen LogP contribution is -2.23. The number of ether oxygens (including phenoxy) is 2. The molecule has 2 aromatic rings. The number of nitro benzene ring substituents is 1. The van der Waals surface area contributed by atoms with Crippen LogP contribution in [0.2, 0.25) is 0 Å². The summed E-state index contributed by atoms with van der Waals surface area (Å²) < 4.78 is 10.6. The minimum Gasteiger partial charge on any atom is -0.492 e.